The summed E-state index contributed by atoms with van der Waals surface area (Å²) in [5.41, 5.74) is -2.99. The van der Waals surface area contributed by atoms with E-state index in [9.17, 15) is 32.9 Å². The first kappa shape index (κ1) is 19.3. The summed E-state index contributed by atoms with van der Waals surface area (Å²) in [7, 11) is 0. The van der Waals surface area contributed by atoms with E-state index < -0.39 is 34.1 Å². The van der Waals surface area contributed by atoms with Crippen LogP contribution in [0.3, 0.4) is 0 Å². The molecule has 1 fully saturated rings. The summed E-state index contributed by atoms with van der Waals surface area (Å²) >= 11 is 0. The molecule has 0 bridgehead atoms. The van der Waals surface area contributed by atoms with Crippen LogP contribution in [0.4, 0.5) is 23.7 Å². The van der Waals surface area contributed by atoms with Crippen molar-refractivity contribution in [3.63, 3.8) is 0 Å². The maximum absolute atomic E-state index is 13.4. The Morgan fingerprint density at radius 3 is 2.29 bits per heavy atom. The van der Waals surface area contributed by atoms with E-state index in [2.05, 4.69) is 5.32 Å². The lowest BCUT2D eigenvalue weighted by atomic mass is 9.87. The van der Waals surface area contributed by atoms with Gasteiger partial charge in [0.2, 0.25) is 0 Å². The monoisotopic (exact) mass is 393 g/mol. The molecule has 146 valence electrons. The Labute approximate surface area is 156 Å². The average Bonchev–Trinajstić information content (AvgIpc) is 2.85. The molecule has 7 nitrogen and oxygen atoms in total. The minimum atomic E-state index is -4.70. The predicted molar refractivity (Wildman–Crippen MR) is 91.0 cm³/mol. The van der Waals surface area contributed by atoms with Gasteiger partial charge in [0.1, 0.15) is 5.54 Å². The fraction of sp³-hybridized carbons (Fsp3) is 0.222. The number of nitro benzene ring substituents is 1. The number of urea groups is 1. The van der Waals surface area contributed by atoms with E-state index in [-0.39, 0.29) is 17.8 Å². The molecule has 0 saturated carbocycles. The first-order chi connectivity index (χ1) is 13.0. The van der Waals surface area contributed by atoms with Gasteiger partial charge in [0.15, 0.2) is 0 Å². The number of alkyl halides is 3. The molecule has 2 aromatic rings. The number of hydrogen-bond acceptors (Lipinski definition) is 4. The van der Waals surface area contributed by atoms with Gasteiger partial charge in [-0.2, -0.15) is 13.2 Å². The van der Waals surface area contributed by atoms with Crippen LogP contribution in [0.15, 0.2) is 48.5 Å². The van der Waals surface area contributed by atoms with Crippen molar-refractivity contribution in [2.24, 2.45) is 0 Å². The molecule has 2 aromatic carbocycles. The summed E-state index contributed by atoms with van der Waals surface area (Å²) in [6.45, 7) is 0.986. The van der Waals surface area contributed by atoms with Crippen LogP contribution in [0.5, 0.6) is 0 Å². The van der Waals surface area contributed by atoms with Crippen molar-refractivity contribution in [3.8, 4) is 0 Å². The number of carbonyl (C=O) groups excluding carboxylic acids is 2. The summed E-state index contributed by atoms with van der Waals surface area (Å²) in [6.07, 6.45) is -4.70. The largest absolute Gasteiger partial charge is 0.416 e. The number of carbonyl (C=O) groups is 2. The summed E-state index contributed by atoms with van der Waals surface area (Å²) in [6, 6.07) is 8.88. The quantitative estimate of drug-likeness (QED) is 0.488. The normalized spacial score (nSPS) is 19.6. The molecule has 10 heteroatoms. The van der Waals surface area contributed by atoms with Gasteiger partial charge in [-0.3, -0.25) is 19.8 Å². The van der Waals surface area contributed by atoms with Crippen molar-refractivity contribution in [1.82, 2.24) is 10.2 Å². The van der Waals surface area contributed by atoms with Crippen LogP contribution in [0.2, 0.25) is 0 Å². The van der Waals surface area contributed by atoms with Crippen molar-refractivity contribution in [2.75, 3.05) is 0 Å². The molecule has 0 unspecified atom stereocenters. The molecule has 1 N–H and O–H groups in total. The van der Waals surface area contributed by atoms with Gasteiger partial charge in [-0.1, -0.05) is 30.3 Å². The fourth-order valence-electron chi connectivity index (χ4n) is 3.10. The number of amides is 3. The van der Waals surface area contributed by atoms with E-state index in [0.29, 0.717) is 5.56 Å². The lowest BCUT2D eigenvalue weighted by molar-refractivity contribution is -0.384. The maximum Gasteiger partial charge on any atom is 0.416 e. The highest BCUT2D eigenvalue weighted by molar-refractivity contribution is 6.07. The third-order valence-electron chi connectivity index (χ3n) is 4.53. The smallest absolute Gasteiger partial charge is 0.319 e. The van der Waals surface area contributed by atoms with Crippen LogP contribution >= 0.6 is 0 Å². The Balaban J connectivity index is 1.92. The van der Waals surface area contributed by atoms with E-state index in [1.54, 1.807) is 0 Å². The fourth-order valence-corrected chi connectivity index (χ4v) is 3.10. The molecule has 0 aliphatic carbocycles. The van der Waals surface area contributed by atoms with Crippen LogP contribution in [0.1, 0.15) is 23.6 Å². The van der Waals surface area contributed by atoms with Crippen LogP contribution in [0, 0.1) is 10.1 Å². The zero-order valence-corrected chi connectivity index (χ0v) is 14.5. The Bertz CT molecular complexity index is 959. The lowest BCUT2D eigenvalue weighted by Gasteiger charge is -2.25. The molecule has 3 rings (SSSR count). The maximum atomic E-state index is 13.4. The molecule has 0 radical (unpaired) electrons. The highest BCUT2D eigenvalue weighted by Gasteiger charge is 2.52. The number of nitro groups is 1. The van der Waals surface area contributed by atoms with Crippen molar-refractivity contribution in [1.29, 1.82) is 0 Å². The van der Waals surface area contributed by atoms with E-state index in [4.69, 9.17) is 0 Å². The third-order valence-corrected chi connectivity index (χ3v) is 4.53. The van der Waals surface area contributed by atoms with Gasteiger partial charge < -0.3 is 5.32 Å². The molecular formula is C18H14F3N3O4. The van der Waals surface area contributed by atoms with E-state index in [1.807, 2.05) is 0 Å². The predicted octanol–water partition coefficient (Wildman–Crippen LogP) is 3.58. The van der Waals surface area contributed by atoms with Crippen molar-refractivity contribution >= 4 is 17.6 Å². The minimum Gasteiger partial charge on any atom is -0.319 e. The molecular weight excluding hydrogens is 379 g/mol. The van der Waals surface area contributed by atoms with Gasteiger partial charge in [0.25, 0.3) is 11.6 Å². The number of nitrogens with one attached hydrogen (secondary N) is 1. The first-order valence-corrected chi connectivity index (χ1v) is 8.08. The van der Waals surface area contributed by atoms with E-state index >= 15 is 0 Å². The summed E-state index contributed by atoms with van der Waals surface area (Å²) in [5.74, 6) is -0.840. The van der Waals surface area contributed by atoms with Crippen LogP contribution in [0.25, 0.3) is 0 Å². The topological polar surface area (TPSA) is 92.6 Å². The molecule has 1 aliphatic rings. The zero-order chi connectivity index (χ0) is 20.7. The van der Waals surface area contributed by atoms with Crippen molar-refractivity contribution < 1.29 is 27.7 Å². The number of hydrogen-bond donors (Lipinski definition) is 1. The second kappa shape index (κ2) is 6.63. The van der Waals surface area contributed by atoms with Crippen molar-refractivity contribution in [2.45, 2.75) is 25.2 Å². The number of nitrogens with zero attached hydrogens (tertiary/aromatic N) is 2. The number of benzene rings is 2. The number of rotatable bonds is 4. The molecule has 1 atom stereocenters. The van der Waals surface area contributed by atoms with Gasteiger partial charge in [0.05, 0.1) is 17.0 Å². The molecule has 0 aromatic heterocycles. The molecule has 1 saturated heterocycles. The van der Waals surface area contributed by atoms with Gasteiger partial charge in [-0.25, -0.2) is 4.79 Å². The van der Waals surface area contributed by atoms with Crippen LogP contribution in [-0.2, 0) is 23.1 Å². The number of halogens is 3. The average molecular weight is 393 g/mol. The number of non-ortho nitro benzene ring substituents is 1. The van der Waals surface area contributed by atoms with E-state index in [1.165, 1.54) is 43.3 Å². The highest BCUT2D eigenvalue weighted by atomic mass is 19.4. The van der Waals surface area contributed by atoms with Gasteiger partial charge in [-0.05, 0) is 24.1 Å². The van der Waals surface area contributed by atoms with Crippen LogP contribution in [-0.4, -0.2) is 21.8 Å². The first-order valence-electron chi connectivity index (χ1n) is 8.08. The summed E-state index contributed by atoms with van der Waals surface area (Å²) in [4.78, 5) is 36.1. The summed E-state index contributed by atoms with van der Waals surface area (Å²) < 4.78 is 40.1. The van der Waals surface area contributed by atoms with Crippen LogP contribution < -0.4 is 5.32 Å². The molecule has 3 amide bonds. The molecule has 28 heavy (non-hydrogen) atoms. The summed E-state index contributed by atoms with van der Waals surface area (Å²) in [5, 5.41) is 13.0. The van der Waals surface area contributed by atoms with E-state index in [0.717, 1.165) is 17.0 Å². The second-order valence-corrected chi connectivity index (χ2v) is 6.41. The molecule has 1 aliphatic heterocycles. The Morgan fingerprint density at radius 2 is 1.71 bits per heavy atom. The molecule has 0 spiro atoms. The van der Waals surface area contributed by atoms with Gasteiger partial charge >= 0.3 is 12.2 Å². The lowest BCUT2D eigenvalue weighted by Crippen LogP contribution is -2.42. The zero-order valence-electron chi connectivity index (χ0n) is 14.5. The SMILES string of the molecule is C[C@@]1(c2ccccc2C(F)(F)F)NC(=O)N(Cc2ccc([N+](=O)[O-])cc2)C1=O. The van der Waals surface area contributed by atoms with Gasteiger partial charge in [-0.15, -0.1) is 0 Å². The second-order valence-electron chi connectivity index (χ2n) is 6.41. The Hall–Kier alpha value is -3.43. The number of imide groups is 1. The minimum absolute atomic E-state index is 0.162. The Morgan fingerprint density at radius 1 is 1.11 bits per heavy atom. The molecule has 1 heterocycles. The standard InChI is InChI=1S/C18H14F3N3O4/c1-17(13-4-2-3-5-14(13)18(19,20)21)15(25)23(16(26)22-17)10-11-6-8-12(9-7-11)24(27)28/h2-9H,10H2,1H3,(H,22,26)/t17-/m0/s1. The van der Waals surface area contributed by atoms with Gasteiger partial charge in [0, 0.05) is 12.1 Å². The highest BCUT2D eigenvalue weighted by Crippen LogP contribution is 2.39. The Kier molecular flexibility index (Phi) is 4.58. The van der Waals surface area contributed by atoms with Crippen molar-refractivity contribution in [3.05, 3.63) is 75.3 Å². The third kappa shape index (κ3) is 3.28.